The van der Waals surface area contributed by atoms with Crippen LogP contribution >= 0.6 is 22.9 Å². The van der Waals surface area contributed by atoms with Crippen molar-refractivity contribution in [2.24, 2.45) is 0 Å². The van der Waals surface area contributed by atoms with E-state index < -0.39 is 0 Å². The van der Waals surface area contributed by atoms with Crippen LogP contribution in [0.5, 0.6) is 5.75 Å². The lowest BCUT2D eigenvalue weighted by molar-refractivity contribution is 0.414. The lowest BCUT2D eigenvalue weighted by atomic mass is 9.93. The highest BCUT2D eigenvalue weighted by Crippen LogP contribution is 2.39. The summed E-state index contributed by atoms with van der Waals surface area (Å²) in [6, 6.07) is 8.65. The van der Waals surface area contributed by atoms with Gasteiger partial charge in [0, 0.05) is 10.6 Å². The molecule has 1 aliphatic rings. The van der Waals surface area contributed by atoms with Gasteiger partial charge in [-0.15, -0.1) is 11.3 Å². The van der Waals surface area contributed by atoms with E-state index in [0.717, 1.165) is 22.9 Å². The summed E-state index contributed by atoms with van der Waals surface area (Å²) in [5, 5.41) is 3.66. The molecule has 0 fully saturated rings. The second-order valence-electron chi connectivity index (χ2n) is 5.20. The summed E-state index contributed by atoms with van der Waals surface area (Å²) in [5.74, 6) is 0.899. The van der Waals surface area contributed by atoms with Gasteiger partial charge in [0.05, 0.1) is 17.5 Å². The average molecular weight is 308 g/mol. The van der Waals surface area contributed by atoms with Crippen LogP contribution in [0.25, 0.3) is 0 Å². The summed E-state index contributed by atoms with van der Waals surface area (Å²) >= 11 is 7.88. The number of methoxy groups -OCH3 is 1. The molecular weight excluding hydrogens is 290 g/mol. The Morgan fingerprint density at radius 2 is 2.20 bits per heavy atom. The van der Waals surface area contributed by atoms with Gasteiger partial charge in [0.1, 0.15) is 5.75 Å². The zero-order chi connectivity index (χ0) is 14.1. The Bertz CT molecular complexity index is 623. The van der Waals surface area contributed by atoms with E-state index in [1.54, 1.807) is 18.4 Å². The van der Waals surface area contributed by atoms with Crippen molar-refractivity contribution in [1.29, 1.82) is 0 Å². The number of aryl methyl sites for hydroxylation is 2. The van der Waals surface area contributed by atoms with Crippen molar-refractivity contribution in [3.63, 3.8) is 0 Å². The molecule has 0 spiro atoms. The lowest BCUT2D eigenvalue weighted by Gasteiger charge is -2.25. The number of fused-ring (bicyclic) bond motifs is 1. The maximum absolute atomic E-state index is 6.16. The molecule has 4 heteroatoms. The molecule has 1 aromatic heterocycles. The number of ether oxygens (including phenoxy) is 1. The van der Waals surface area contributed by atoms with Gasteiger partial charge in [-0.25, -0.2) is 0 Å². The van der Waals surface area contributed by atoms with Gasteiger partial charge < -0.3 is 10.1 Å². The van der Waals surface area contributed by atoms with E-state index in [-0.39, 0.29) is 0 Å². The topological polar surface area (TPSA) is 21.3 Å². The molecule has 0 radical (unpaired) electrons. The standard InChI is InChI=1S/C16H18ClNOS/c1-10-8-11(19-2)6-7-13(10)18-14-4-3-5-15-12(14)9-16(17)20-15/h6-9,14,18H,3-5H2,1-2H3. The predicted molar refractivity (Wildman–Crippen MR) is 86.4 cm³/mol. The van der Waals surface area contributed by atoms with Crippen LogP contribution in [0.15, 0.2) is 24.3 Å². The maximum atomic E-state index is 6.16. The summed E-state index contributed by atoms with van der Waals surface area (Å²) in [6.45, 7) is 2.11. The Balaban J connectivity index is 1.85. The number of thiophene rings is 1. The fourth-order valence-electron chi connectivity index (χ4n) is 2.78. The van der Waals surface area contributed by atoms with Crippen LogP contribution in [-0.2, 0) is 6.42 Å². The van der Waals surface area contributed by atoms with Crippen molar-refractivity contribution in [2.75, 3.05) is 12.4 Å². The fraction of sp³-hybridized carbons (Fsp3) is 0.375. The summed E-state index contributed by atoms with van der Waals surface area (Å²) in [6.07, 6.45) is 3.54. The second kappa shape index (κ2) is 5.66. The Labute approximate surface area is 128 Å². The first-order chi connectivity index (χ1) is 9.67. The molecular formula is C16H18ClNOS. The van der Waals surface area contributed by atoms with Crippen LogP contribution in [0.2, 0.25) is 4.34 Å². The van der Waals surface area contributed by atoms with E-state index in [1.165, 1.54) is 28.1 Å². The van der Waals surface area contributed by atoms with E-state index in [2.05, 4.69) is 30.4 Å². The molecule has 0 saturated heterocycles. The van der Waals surface area contributed by atoms with Crippen LogP contribution in [0.4, 0.5) is 5.69 Å². The van der Waals surface area contributed by atoms with Gasteiger partial charge in [-0.1, -0.05) is 11.6 Å². The zero-order valence-electron chi connectivity index (χ0n) is 11.7. The minimum atomic E-state index is 0.370. The van der Waals surface area contributed by atoms with E-state index in [0.29, 0.717) is 6.04 Å². The summed E-state index contributed by atoms with van der Waals surface area (Å²) in [7, 11) is 1.70. The summed E-state index contributed by atoms with van der Waals surface area (Å²) in [5.41, 5.74) is 3.75. The van der Waals surface area contributed by atoms with Crippen LogP contribution in [-0.4, -0.2) is 7.11 Å². The summed E-state index contributed by atoms with van der Waals surface area (Å²) < 4.78 is 6.15. The molecule has 1 unspecified atom stereocenters. The first-order valence-corrected chi connectivity index (χ1v) is 8.06. The average Bonchev–Trinajstić information content (AvgIpc) is 2.82. The minimum Gasteiger partial charge on any atom is -0.497 e. The molecule has 0 saturated carbocycles. The highest BCUT2D eigenvalue weighted by Gasteiger charge is 2.23. The molecule has 1 aliphatic carbocycles. The van der Waals surface area contributed by atoms with Crippen LogP contribution in [0, 0.1) is 6.92 Å². The molecule has 0 aliphatic heterocycles. The Kier molecular flexibility index (Phi) is 3.90. The van der Waals surface area contributed by atoms with Crippen molar-refractivity contribution in [2.45, 2.75) is 32.2 Å². The Hall–Kier alpha value is -1.19. The van der Waals surface area contributed by atoms with E-state index in [9.17, 15) is 0 Å². The molecule has 0 bridgehead atoms. The van der Waals surface area contributed by atoms with Gasteiger partial charge >= 0.3 is 0 Å². The monoisotopic (exact) mass is 307 g/mol. The summed E-state index contributed by atoms with van der Waals surface area (Å²) in [4.78, 5) is 1.44. The Morgan fingerprint density at radius 1 is 1.35 bits per heavy atom. The van der Waals surface area contributed by atoms with Crippen LogP contribution < -0.4 is 10.1 Å². The van der Waals surface area contributed by atoms with E-state index in [4.69, 9.17) is 16.3 Å². The second-order valence-corrected chi connectivity index (χ2v) is 6.97. The third kappa shape index (κ3) is 2.65. The largest absolute Gasteiger partial charge is 0.497 e. The quantitative estimate of drug-likeness (QED) is 0.840. The predicted octanol–water partition coefficient (Wildman–Crippen LogP) is 5.21. The van der Waals surface area contributed by atoms with Crippen molar-refractivity contribution in [3.8, 4) is 5.75 Å². The minimum absolute atomic E-state index is 0.370. The Morgan fingerprint density at radius 3 is 2.95 bits per heavy atom. The first kappa shape index (κ1) is 13.8. The van der Waals surface area contributed by atoms with Crippen LogP contribution in [0.3, 0.4) is 0 Å². The fourth-order valence-corrected chi connectivity index (χ4v) is 4.17. The number of hydrogen-bond acceptors (Lipinski definition) is 3. The number of halogens is 1. The maximum Gasteiger partial charge on any atom is 0.119 e. The highest BCUT2D eigenvalue weighted by atomic mass is 35.5. The SMILES string of the molecule is COc1ccc(NC2CCCc3sc(Cl)cc32)c(C)c1. The molecule has 0 amide bonds. The van der Waals surface area contributed by atoms with Crippen molar-refractivity contribution >= 4 is 28.6 Å². The molecule has 20 heavy (non-hydrogen) atoms. The van der Waals surface area contributed by atoms with Gasteiger partial charge in [0.15, 0.2) is 0 Å². The smallest absolute Gasteiger partial charge is 0.119 e. The van der Waals surface area contributed by atoms with Gasteiger partial charge in [-0.05, 0) is 61.6 Å². The van der Waals surface area contributed by atoms with Gasteiger partial charge in [0.25, 0.3) is 0 Å². The van der Waals surface area contributed by atoms with E-state index >= 15 is 0 Å². The van der Waals surface area contributed by atoms with Gasteiger partial charge in [-0.3, -0.25) is 0 Å². The third-order valence-electron chi connectivity index (χ3n) is 3.85. The molecule has 1 N–H and O–H groups in total. The van der Waals surface area contributed by atoms with Crippen molar-refractivity contribution < 1.29 is 4.74 Å². The number of rotatable bonds is 3. The molecule has 2 aromatic rings. The number of hydrogen-bond donors (Lipinski definition) is 1. The van der Waals surface area contributed by atoms with Gasteiger partial charge in [0.2, 0.25) is 0 Å². The molecule has 1 aromatic carbocycles. The van der Waals surface area contributed by atoms with Gasteiger partial charge in [-0.2, -0.15) is 0 Å². The normalized spacial score (nSPS) is 17.6. The van der Waals surface area contributed by atoms with Crippen molar-refractivity contribution in [3.05, 3.63) is 44.6 Å². The molecule has 106 valence electrons. The molecule has 2 nitrogen and oxygen atoms in total. The number of anilines is 1. The molecule has 1 atom stereocenters. The van der Waals surface area contributed by atoms with Crippen molar-refractivity contribution in [1.82, 2.24) is 0 Å². The van der Waals surface area contributed by atoms with Crippen LogP contribution in [0.1, 0.15) is 34.9 Å². The third-order valence-corrected chi connectivity index (χ3v) is 5.19. The van der Waals surface area contributed by atoms with E-state index in [1.807, 2.05) is 6.07 Å². The lowest BCUT2D eigenvalue weighted by Crippen LogP contribution is -2.16. The molecule has 3 rings (SSSR count). The number of benzene rings is 1. The first-order valence-electron chi connectivity index (χ1n) is 6.86. The number of nitrogens with one attached hydrogen (secondary N) is 1. The zero-order valence-corrected chi connectivity index (χ0v) is 13.3. The highest BCUT2D eigenvalue weighted by molar-refractivity contribution is 7.16. The molecule has 1 heterocycles.